The van der Waals surface area contributed by atoms with Gasteiger partial charge in [-0.05, 0) is 24.3 Å². The Morgan fingerprint density at radius 1 is 1.27 bits per heavy atom. The Labute approximate surface area is 132 Å². The normalized spacial score (nSPS) is 15.8. The molecule has 0 spiro atoms. The van der Waals surface area contributed by atoms with Crippen molar-refractivity contribution in [2.75, 3.05) is 32.9 Å². The molecule has 0 aromatic heterocycles. The fraction of sp³-hybridized carbons (Fsp3) is 0.429. The van der Waals surface area contributed by atoms with Crippen LogP contribution in [0.3, 0.4) is 0 Å². The van der Waals surface area contributed by atoms with Crippen LogP contribution in [0.15, 0.2) is 24.3 Å². The van der Waals surface area contributed by atoms with Gasteiger partial charge in [-0.3, -0.25) is 9.69 Å². The molecule has 0 bridgehead atoms. The van der Waals surface area contributed by atoms with Crippen molar-refractivity contribution in [1.82, 2.24) is 10.2 Å². The molecule has 8 heteroatoms. The van der Waals surface area contributed by atoms with E-state index in [0.717, 1.165) is 4.90 Å². The summed E-state index contributed by atoms with van der Waals surface area (Å²) >= 11 is 5.76. The number of imide groups is 1. The molecule has 1 saturated heterocycles. The Bertz CT molecular complexity index is 506. The van der Waals surface area contributed by atoms with Gasteiger partial charge in [0.15, 0.2) is 0 Å². The van der Waals surface area contributed by atoms with E-state index in [4.69, 9.17) is 21.1 Å². The van der Waals surface area contributed by atoms with Crippen LogP contribution < -0.4 is 10.1 Å². The van der Waals surface area contributed by atoms with E-state index in [0.29, 0.717) is 17.4 Å². The number of nitrogens with zero attached hydrogens (tertiary/aromatic N) is 1. The Balaban J connectivity index is 1.59. The van der Waals surface area contributed by atoms with Crippen LogP contribution in [0.1, 0.15) is 0 Å². The quantitative estimate of drug-likeness (QED) is 0.540. The second-order valence-corrected chi connectivity index (χ2v) is 5.13. The first-order valence-corrected chi connectivity index (χ1v) is 7.16. The highest BCUT2D eigenvalue weighted by molar-refractivity contribution is 6.30. The Hall–Kier alpha value is -1.83. The molecule has 2 rings (SSSR count). The Morgan fingerprint density at radius 2 is 2.00 bits per heavy atom. The minimum Gasteiger partial charge on any atom is -0.491 e. The number of nitrogens with one attached hydrogen (secondary N) is 1. The summed E-state index contributed by atoms with van der Waals surface area (Å²) in [6.45, 7) is 0.502. The van der Waals surface area contributed by atoms with Gasteiger partial charge in [0.05, 0.1) is 32.4 Å². The molecule has 120 valence electrons. The summed E-state index contributed by atoms with van der Waals surface area (Å²) in [6, 6.07) is 6.44. The van der Waals surface area contributed by atoms with Gasteiger partial charge in [-0.2, -0.15) is 0 Å². The zero-order valence-electron chi connectivity index (χ0n) is 11.8. The average Bonchev–Trinajstić information content (AvgIpc) is 2.81. The topological polar surface area (TPSA) is 88.1 Å². The summed E-state index contributed by atoms with van der Waals surface area (Å²) < 4.78 is 10.7. The number of aliphatic hydroxyl groups excluding tert-OH is 1. The summed E-state index contributed by atoms with van der Waals surface area (Å²) in [6.07, 6.45) is -0.927. The highest BCUT2D eigenvalue weighted by Gasteiger charge is 2.29. The number of halogens is 1. The van der Waals surface area contributed by atoms with Crippen molar-refractivity contribution in [1.29, 1.82) is 0 Å². The molecule has 1 aliphatic heterocycles. The predicted molar refractivity (Wildman–Crippen MR) is 78.9 cm³/mol. The van der Waals surface area contributed by atoms with Crippen LogP contribution in [0, 0.1) is 0 Å². The molecular weight excluding hydrogens is 312 g/mol. The first-order chi connectivity index (χ1) is 10.6. The first kappa shape index (κ1) is 16.5. The summed E-state index contributed by atoms with van der Waals surface area (Å²) in [7, 11) is 0. The molecule has 1 aromatic rings. The van der Waals surface area contributed by atoms with E-state index in [-0.39, 0.29) is 32.2 Å². The summed E-state index contributed by atoms with van der Waals surface area (Å²) in [4.78, 5) is 23.6. The number of rotatable bonds is 8. The Morgan fingerprint density at radius 3 is 2.64 bits per heavy atom. The molecule has 0 aliphatic carbocycles. The number of hydrogen-bond acceptors (Lipinski definition) is 5. The molecule has 1 aliphatic rings. The first-order valence-electron chi connectivity index (χ1n) is 6.78. The molecule has 0 radical (unpaired) electrons. The summed E-state index contributed by atoms with van der Waals surface area (Å²) in [5.74, 6) is 0.322. The molecule has 3 amide bonds. The van der Waals surface area contributed by atoms with Gasteiger partial charge in [0, 0.05) is 5.02 Å². The third-order valence-corrected chi connectivity index (χ3v) is 3.20. The van der Waals surface area contributed by atoms with Crippen LogP contribution in [0.25, 0.3) is 0 Å². The third kappa shape index (κ3) is 4.87. The zero-order chi connectivity index (χ0) is 15.9. The van der Waals surface area contributed by atoms with Crippen LogP contribution in [0.4, 0.5) is 4.79 Å². The molecule has 1 atom stereocenters. The van der Waals surface area contributed by atoms with Crippen molar-refractivity contribution in [3.8, 4) is 5.75 Å². The molecule has 7 nitrogen and oxygen atoms in total. The molecule has 22 heavy (non-hydrogen) atoms. The van der Waals surface area contributed by atoms with Crippen molar-refractivity contribution in [2.24, 2.45) is 0 Å². The molecule has 1 aromatic carbocycles. The number of carbonyl (C=O) groups is 2. The van der Waals surface area contributed by atoms with Crippen LogP contribution in [0.2, 0.25) is 5.02 Å². The van der Waals surface area contributed by atoms with Crippen LogP contribution in [-0.4, -0.2) is 61.0 Å². The molecule has 2 N–H and O–H groups in total. The second kappa shape index (κ2) is 7.98. The number of benzene rings is 1. The fourth-order valence-electron chi connectivity index (χ4n) is 1.87. The van der Waals surface area contributed by atoms with E-state index in [2.05, 4.69) is 5.32 Å². The molecule has 0 saturated carbocycles. The van der Waals surface area contributed by atoms with Gasteiger partial charge >= 0.3 is 6.03 Å². The number of β-amino-alcohol motifs (C(OH)–C–C–N with tert-alkyl or cyclic N) is 1. The highest BCUT2D eigenvalue weighted by Crippen LogP contribution is 2.15. The van der Waals surface area contributed by atoms with Gasteiger partial charge in [0.1, 0.15) is 12.4 Å². The molecule has 0 unspecified atom stereocenters. The van der Waals surface area contributed by atoms with Crippen molar-refractivity contribution < 1.29 is 24.2 Å². The van der Waals surface area contributed by atoms with Crippen molar-refractivity contribution in [3.05, 3.63) is 29.3 Å². The van der Waals surface area contributed by atoms with Gasteiger partial charge in [0.2, 0.25) is 5.91 Å². The van der Waals surface area contributed by atoms with Crippen LogP contribution in [-0.2, 0) is 9.53 Å². The second-order valence-electron chi connectivity index (χ2n) is 4.69. The number of amides is 3. The van der Waals surface area contributed by atoms with Crippen LogP contribution in [0.5, 0.6) is 5.75 Å². The zero-order valence-corrected chi connectivity index (χ0v) is 12.6. The van der Waals surface area contributed by atoms with E-state index in [1.54, 1.807) is 24.3 Å². The van der Waals surface area contributed by atoms with Gasteiger partial charge in [-0.25, -0.2) is 4.79 Å². The largest absolute Gasteiger partial charge is 0.491 e. The maximum atomic E-state index is 11.3. The minimum absolute atomic E-state index is 0.0149. The van der Waals surface area contributed by atoms with Crippen molar-refractivity contribution >= 4 is 23.5 Å². The number of ether oxygens (including phenoxy) is 2. The number of aliphatic hydroxyl groups is 1. The fourth-order valence-corrected chi connectivity index (χ4v) is 2.00. The highest BCUT2D eigenvalue weighted by atomic mass is 35.5. The molecule has 1 heterocycles. The lowest BCUT2D eigenvalue weighted by Gasteiger charge is -2.17. The summed E-state index contributed by atoms with van der Waals surface area (Å²) in [5, 5.41) is 12.7. The number of hydrogen-bond donors (Lipinski definition) is 2. The van der Waals surface area contributed by atoms with E-state index >= 15 is 0 Å². The van der Waals surface area contributed by atoms with Crippen molar-refractivity contribution in [3.63, 3.8) is 0 Å². The minimum atomic E-state index is -0.927. The summed E-state index contributed by atoms with van der Waals surface area (Å²) in [5.41, 5.74) is 0. The van der Waals surface area contributed by atoms with E-state index in [9.17, 15) is 14.7 Å². The lowest BCUT2D eigenvalue weighted by atomic mass is 10.3. The average molecular weight is 329 g/mol. The van der Waals surface area contributed by atoms with Crippen LogP contribution >= 0.6 is 11.6 Å². The lowest BCUT2D eigenvalue weighted by molar-refractivity contribution is -0.126. The van der Waals surface area contributed by atoms with Gasteiger partial charge in [-0.1, -0.05) is 11.6 Å². The number of carbonyl (C=O) groups excluding carboxylic acids is 2. The number of urea groups is 1. The van der Waals surface area contributed by atoms with Gasteiger partial charge in [-0.15, -0.1) is 0 Å². The maximum absolute atomic E-state index is 11.3. The van der Waals surface area contributed by atoms with Gasteiger partial charge in [0.25, 0.3) is 0 Å². The predicted octanol–water partition coefficient (Wildman–Crippen LogP) is 0.648. The van der Waals surface area contributed by atoms with E-state index in [1.807, 2.05) is 0 Å². The van der Waals surface area contributed by atoms with Crippen molar-refractivity contribution in [2.45, 2.75) is 6.10 Å². The monoisotopic (exact) mass is 328 g/mol. The standard InChI is InChI=1S/C14H17ClN2O5/c15-10-1-3-12(4-2-10)22-6-5-21-9-11(18)8-17-13(19)7-16-14(17)20/h1-4,11,18H,5-9H2,(H,16,20)/t11-/m0/s1. The Kier molecular flexibility index (Phi) is 6.00. The third-order valence-electron chi connectivity index (χ3n) is 2.95. The molecular formula is C14H17ClN2O5. The smallest absolute Gasteiger partial charge is 0.324 e. The van der Waals surface area contributed by atoms with E-state index in [1.165, 1.54) is 0 Å². The maximum Gasteiger partial charge on any atom is 0.324 e. The SMILES string of the molecule is O=C1CNC(=O)N1C[C@H](O)COCCOc1ccc(Cl)cc1. The van der Waals surface area contributed by atoms with Gasteiger partial charge < -0.3 is 19.9 Å². The lowest BCUT2D eigenvalue weighted by Crippen LogP contribution is -2.39. The van der Waals surface area contributed by atoms with E-state index < -0.39 is 12.1 Å². The molecule has 1 fully saturated rings.